The Labute approximate surface area is 119 Å². The molecule has 0 saturated carbocycles. The summed E-state index contributed by atoms with van der Waals surface area (Å²) in [5.41, 5.74) is 6.90. The normalized spacial score (nSPS) is 10.6. The van der Waals surface area contributed by atoms with E-state index in [9.17, 15) is 0 Å². The summed E-state index contributed by atoms with van der Waals surface area (Å²) in [5.74, 6) is 2.49. The van der Waals surface area contributed by atoms with E-state index < -0.39 is 0 Å². The van der Waals surface area contributed by atoms with Gasteiger partial charge in [0.1, 0.15) is 11.6 Å². The van der Waals surface area contributed by atoms with E-state index in [0.717, 1.165) is 12.3 Å². The third-order valence-electron chi connectivity index (χ3n) is 2.83. The van der Waals surface area contributed by atoms with E-state index in [0.29, 0.717) is 17.6 Å². The van der Waals surface area contributed by atoms with Crippen LogP contribution in [0.25, 0.3) is 0 Å². The number of hydrogen-bond acceptors (Lipinski definition) is 5. The molecule has 2 rings (SSSR count). The monoisotopic (exact) mass is 272 g/mol. The fraction of sp³-hybridized carbons (Fsp3) is 0.333. The van der Waals surface area contributed by atoms with E-state index in [1.807, 2.05) is 25.1 Å². The first-order valence-corrected chi connectivity index (χ1v) is 6.74. The standard InChI is InChI=1S/C15H20N4O/c1-4-17-13-9-14(19-15(16)18-13)20-12-7-5-6-11(8-12)10(2)3/h5-10H,4H2,1-3H3,(H3,16,17,18,19). The van der Waals surface area contributed by atoms with Gasteiger partial charge in [-0.05, 0) is 30.5 Å². The van der Waals surface area contributed by atoms with Crippen molar-refractivity contribution in [1.29, 1.82) is 0 Å². The average Bonchev–Trinajstić information content (AvgIpc) is 2.38. The molecular weight excluding hydrogens is 252 g/mol. The zero-order valence-corrected chi connectivity index (χ0v) is 12.1. The number of nitrogens with two attached hydrogens (primary N) is 1. The van der Waals surface area contributed by atoms with Crippen molar-refractivity contribution in [2.75, 3.05) is 17.6 Å². The number of ether oxygens (including phenoxy) is 1. The second-order valence-corrected chi connectivity index (χ2v) is 4.81. The smallest absolute Gasteiger partial charge is 0.226 e. The second kappa shape index (κ2) is 6.23. The van der Waals surface area contributed by atoms with Crippen molar-refractivity contribution in [3.8, 4) is 11.6 Å². The van der Waals surface area contributed by atoms with Gasteiger partial charge in [0, 0.05) is 12.6 Å². The number of aromatic nitrogens is 2. The van der Waals surface area contributed by atoms with E-state index >= 15 is 0 Å². The summed E-state index contributed by atoms with van der Waals surface area (Å²) in [5, 5.41) is 3.09. The van der Waals surface area contributed by atoms with Gasteiger partial charge in [0.15, 0.2) is 0 Å². The SMILES string of the molecule is CCNc1cc(Oc2cccc(C(C)C)c2)nc(N)n1. The Morgan fingerprint density at radius 3 is 2.75 bits per heavy atom. The van der Waals surface area contributed by atoms with Crippen molar-refractivity contribution in [3.63, 3.8) is 0 Å². The van der Waals surface area contributed by atoms with Gasteiger partial charge < -0.3 is 15.8 Å². The predicted octanol–water partition coefficient (Wildman–Crippen LogP) is 3.41. The third kappa shape index (κ3) is 3.60. The van der Waals surface area contributed by atoms with E-state index in [2.05, 4.69) is 35.2 Å². The summed E-state index contributed by atoms with van der Waals surface area (Å²) in [6, 6.07) is 9.70. The van der Waals surface area contributed by atoms with Crippen LogP contribution in [0.1, 0.15) is 32.3 Å². The molecule has 0 unspecified atom stereocenters. The maximum Gasteiger partial charge on any atom is 0.226 e. The van der Waals surface area contributed by atoms with Gasteiger partial charge in [-0.25, -0.2) is 0 Å². The molecule has 0 spiro atoms. The van der Waals surface area contributed by atoms with Crippen molar-refractivity contribution in [2.45, 2.75) is 26.7 Å². The zero-order valence-electron chi connectivity index (χ0n) is 12.1. The minimum absolute atomic E-state index is 0.193. The molecule has 0 aliphatic carbocycles. The Balaban J connectivity index is 2.23. The van der Waals surface area contributed by atoms with Crippen LogP contribution in [-0.4, -0.2) is 16.5 Å². The molecule has 5 heteroatoms. The molecule has 0 fully saturated rings. The Hall–Kier alpha value is -2.30. The van der Waals surface area contributed by atoms with Crippen molar-refractivity contribution >= 4 is 11.8 Å². The minimum atomic E-state index is 0.193. The molecule has 0 amide bonds. The first-order valence-electron chi connectivity index (χ1n) is 6.74. The lowest BCUT2D eigenvalue weighted by Gasteiger charge is -2.10. The van der Waals surface area contributed by atoms with Gasteiger partial charge in [-0.2, -0.15) is 9.97 Å². The molecule has 1 aromatic heterocycles. The van der Waals surface area contributed by atoms with Crippen molar-refractivity contribution in [2.24, 2.45) is 0 Å². The fourth-order valence-corrected chi connectivity index (χ4v) is 1.82. The number of rotatable bonds is 5. The highest BCUT2D eigenvalue weighted by Crippen LogP contribution is 2.25. The summed E-state index contributed by atoms with van der Waals surface area (Å²) < 4.78 is 5.77. The van der Waals surface area contributed by atoms with Gasteiger partial charge in [-0.3, -0.25) is 0 Å². The van der Waals surface area contributed by atoms with Crippen LogP contribution in [0.5, 0.6) is 11.6 Å². The molecule has 0 radical (unpaired) electrons. The van der Waals surface area contributed by atoms with Gasteiger partial charge in [-0.1, -0.05) is 26.0 Å². The molecule has 2 aromatic rings. The number of hydrogen-bond donors (Lipinski definition) is 2. The second-order valence-electron chi connectivity index (χ2n) is 4.81. The molecule has 0 aliphatic heterocycles. The summed E-state index contributed by atoms with van der Waals surface area (Å²) in [6.45, 7) is 7.04. The molecule has 1 heterocycles. The highest BCUT2D eigenvalue weighted by atomic mass is 16.5. The Morgan fingerprint density at radius 2 is 2.05 bits per heavy atom. The molecule has 3 N–H and O–H groups in total. The molecule has 1 aromatic carbocycles. The number of benzene rings is 1. The Morgan fingerprint density at radius 1 is 1.25 bits per heavy atom. The minimum Gasteiger partial charge on any atom is -0.439 e. The van der Waals surface area contributed by atoms with Gasteiger partial charge >= 0.3 is 0 Å². The van der Waals surface area contributed by atoms with Crippen molar-refractivity contribution < 1.29 is 4.74 Å². The predicted molar refractivity (Wildman–Crippen MR) is 81.2 cm³/mol. The molecule has 0 saturated heterocycles. The van der Waals surface area contributed by atoms with Gasteiger partial charge in [-0.15, -0.1) is 0 Å². The number of nitrogens with one attached hydrogen (secondary N) is 1. The maximum absolute atomic E-state index is 5.77. The number of nitrogens with zero attached hydrogens (tertiary/aromatic N) is 2. The summed E-state index contributed by atoms with van der Waals surface area (Å²) in [7, 11) is 0. The molecule has 5 nitrogen and oxygen atoms in total. The van der Waals surface area contributed by atoms with Crippen LogP contribution in [-0.2, 0) is 0 Å². The van der Waals surface area contributed by atoms with Crippen LogP contribution in [0.3, 0.4) is 0 Å². The van der Waals surface area contributed by atoms with Crippen LogP contribution in [0.15, 0.2) is 30.3 Å². The highest BCUT2D eigenvalue weighted by Gasteiger charge is 2.06. The first-order chi connectivity index (χ1) is 9.58. The van der Waals surface area contributed by atoms with Crippen LogP contribution >= 0.6 is 0 Å². The van der Waals surface area contributed by atoms with Crippen molar-refractivity contribution in [3.05, 3.63) is 35.9 Å². The van der Waals surface area contributed by atoms with E-state index in [1.165, 1.54) is 5.56 Å². The van der Waals surface area contributed by atoms with Crippen LogP contribution in [0.2, 0.25) is 0 Å². The van der Waals surface area contributed by atoms with E-state index in [-0.39, 0.29) is 5.95 Å². The molecular formula is C15H20N4O. The summed E-state index contributed by atoms with van der Waals surface area (Å²) in [6.07, 6.45) is 0. The third-order valence-corrected chi connectivity index (χ3v) is 2.83. The molecule has 0 atom stereocenters. The zero-order chi connectivity index (χ0) is 14.5. The Bertz CT molecular complexity index is 584. The lowest BCUT2D eigenvalue weighted by molar-refractivity contribution is 0.462. The molecule has 106 valence electrons. The largest absolute Gasteiger partial charge is 0.439 e. The quantitative estimate of drug-likeness (QED) is 0.872. The van der Waals surface area contributed by atoms with E-state index in [4.69, 9.17) is 10.5 Å². The first kappa shape index (κ1) is 14.1. The molecule has 0 bridgehead atoms. The lowest BCUT2D eigenvalue weighted by atomic mass is 10.0. The van der Waals surface area contributed by atoms with Gasteiger partial charge in [0.05, 0.1) is 0 Å². The fourth-order valence-electron chi connectivity index (χ4n) is 1.82. The molecule has 20 heavy (non-hydrogen) atoms. The van der Waals surface area contributed by atoms with Crippen LogP contribution in [0, 0.1) is 0 Å². The van der Waals surface area contributed by atoms with Gasteiger partial charge in [0.25, 0.3) is 0 Å². The van der Waals surface area contributed by atoms with Crippen molar-refractivity contribution in [1.82, 2.24) is 9.97 Å². The van der Waals surface area contributed by atoms with Crippen LogP contribution in [0.4, 0.5) is 11.8 Å². The summed E-state index contributed by atoms with van der Waals surface area (Å²) in [4.78, 5) is 8.18. The topological polar surface area (TPSA) is 73.1 Å². The Kier molecular flexibility index (Phi) is 4.40. The van der Waals surface area contributed by atoms with Crippen LogP contribution < -0.4 is 15.8 Å². The van der Waals surface area contributed by atoms with E-state index in [1.54, 1.807) is 6.07 Å². The average molecular weight is 272 g/mol. The maximum atomic E-state index is 5.77. The highest BCUT2D eigenvalue weighted by molar-refractivity contribution is 5.44. The lowest BCUT2D eigenvalue weighted by Crippen LogP contribution is -2.04. The molecule has 0 aliphatic rings. The number of anilines is 2. The summed E-state index contributed by atoms with van der Waals surface area (Å²) >= 11 is 0. The number of nitrogen functional groups attached to an aromatic ring is 1. The van der Waals surface area contributed by atoms with Gasteiger partial charge in [0.2, 0.25) is 11.8 Å².